The van der Waals surface area contributed by atoms with Gasteiger partial charge in [0, 0.05) is 66.9 Å². The van der Waals surface area contributed by atoms with Crippen LogP contribution in [0, 0.1) is 17.8 Å². The lowest BCUT2D eigenvalue weighted by molar-refractivity contribution is -0.147. The lowest BCUT2D eigenvalue weighted by Gasteiger charge is -2.36. The van der Waals surface area contributed by atoms with Crippen molar-refractivity contribution in [3.05, 3.63) is 67.3 Å². The van der Waals surface area contributed by atoms with Gasteiger partial charge in [0.05, 0.1) is 36.1 Å². The Bertz CT molecular complexity index is 2100. The highest BCUT2D eigenvalue weighted by molar-refractivity contribution is 7.77. The summed E-state index contributed by atoms with van der Waals surface area (Å²) in [5.74, 6) is -1.50. The van der Waals surface area contributed by atoms with Crippen LogP contribution in [0.25, 0.3) is 22.2 Å². The normalized spacial score (nSPS) is 25.5. The quantitative estimate of drug-likeness (QED) is 0.159. The molecule has 1 N–H and O–H groups in total. The van der Waals surface area contributed by atoms with Gasteiger partial charge < -0.3 is 29.1 Å². The van der Waals surface area contributed by atoms with Gasteiger partial charge in [-0.1, -0.05) is 55.7 Å². The van der Waals surface area contributed by atoms with Crippen LogP contribution in [0.2, 0.25) is 0 Å². The third kappa shape index (κ3) is 8.61. The van der Waals surface area contributed by atoms with E-state index in [-0.39, 0.29) is 43.5 Å². The molecule has 2 aromatic carbocycles. The van der Waals surface area contributed by atoms with E-state index in [0.717, 1.165) is 66.6 Å². The number of benzene rings is 2. The number of carbonyl (C=O) groups excluding carboxylic acids is 4. The first-order chi connectivity index (χ1) is 28.6. The number of likely N-dealkylation sites (tertiary alicyclic amines) is 2. The predicted molar refractivity (Wildman–Crippen MR) is 221 cm³/mol. The van der Waals surface area contributed by atoms with E-state index in [1.54, 1.807) is 18.1 Å². The van der Waals surface area contributed by atoms with Crippen LogP contribution in [0.1, 0.15) is 83.5 Å². The van der Waals surface area contributed by atoms with Crippen LogP contribution in [0.5, 0.6) is 11.5 Å². The van der Waals surface area contributed by atoms with Crippen LogP contribution >= 0.6 is 0 Å². The summed E-state index contributed by atoms with van der Waals surface area (Å²) in [6.45, 7) is 5.30. The molecule has 2 aliphatic heterocycles. The maximum absolute atomic E-state index is 15.2. The van der Waals surface area contributed by atoms with Crippen LogP contribution in [0.15, 0.2) is 67.3 Å². The molecule has 314 valence electrons. The molecule has 14 heteroatoms. The van der Waals surface area contributed by atoms with Crippen molar-refractivity contribution in [1.82, 2.24) is 24.4 Å². The third-order valence-electron chi connectivity index (χ3n) is 13.1. The summed E-state index contributed by atoms with van der Waals surface area (Å²) < 4.78 is 37.8. The van der Waals surface area contributed by atoms with Crippen LogP contribution < -0.4 is 14.8 Å². The van der Waals surface area contributed by atoms with E-state index < -0.39 is 58.6 Å². The summed E-state index contributed by atoms with van der Waals surface area (Å²) in [6, 6.07) is 15.7. The van der Waals surface area contributed by atoms with Crippen molar-refractivity contribution in [3.63, 3.8) is 0 Å². The molecule has 3 aliphatic carbocycles. The number of rotatable bonds is 14. The first-order valence-corrected chi connectivity index (χ1v) is 22.3. The van der Waals surface area contributed by atoms with E-state index in [2.05, 4.69) is 11.9 Å². The zero-order chi connectivity index (χ0) is 41.3. The van der Waals surface area contributed by atoms with E-state index in [4.69, 9.17) is 14.5 Å². The Morgan fingerprint density at radius 1 is 1.02 bits per heavy atom. The van der Waals surface area contributed by atoms with Gasteiger partial charge in [-0.05, 0) is 69.4 Å². The average Bonchev–Trinajstić information content (AvgIpc) is 4.19. The number of nitrogens with one attached hydrogen (secondary N) is 1. The number of carbonyl (C=O) groups is 4. The standard InChI is InChI=1S/C45H55N5O8S/c1-3-31-27-45(31,44(54)50(59(55)56)32-17-18-32)47-42(52)39-24-34(58-40-26-37(30-15-9-5-10-16-30)46-38-23-33(57-2)19-20-35(38)40)28-49(39)43(53)36(29-13-7-4-8-14-29)25-41(51)48-21-11-6-12-22-48/h3,5,9-10,15-16,19-20,23,26,29,31-32,34,36,39H,1,4,6-8,11-14,17-18,21-22,24-25,27-28H2,2H3,(H,47,52)(H,55,56)/p-1/t31?,34-,36+,39?,45?/m1/s1. The first kappa shape index (κ1) is 40.9. The fraction of sp³-hybridized carbons (Fsp3) is 0.533. The predicted octanol–water partition coefficient (Wildman–Crippen LogP) is 5.70. The van der Waals surface area contributed by atoms with Gasteiger partial charge in [0.15, 0.2) is 0 Å². The highest BCUT2D eigenvalue weighted by atomic mass is 32.2. The number of hydrogen-bond acceptors (Lipinski definition) is 9. The minimum Gasteiger partial charge on any atom is -0.755 e. The molecule has 3 saturated carbocycles. The van der Waals surface area contributed by atoms with Crippen molar-refractivity contribution in [2.75, 3.05) is 26.7 Å². The maximum Gasteiger partial charge on any atom is 0.260 e. The molecule has 1 aromatic heterocycles. The SMILES string of the molecule is C=CC1CC1(NC(=O)C1C[C@@H](Oc2cc(-c3ccccc3)nc3cc(OC)ccc23)CN1C(=O)[C@@H](CC(=O)N1CCCCC1)C1CCCCC1)C(=O)N(C1CC1)S(=O)[O-]. The minimum absolute atomic E-state index is 0.0122. The Hall–Kier alpha value is -4.82. The average molecular weight is 825 g/mol. The van der Waals surface area contributed by atoms with Gasteiger partial charge in [0.25, 0.3) is 5.91 Å². The molecule has 8 rings (SSSR count). The van der Waals surface area contributed by atoms with Gasteiger partial charge in [-0.2, -0.15) is 0 Å². The lowest BCUT2D eigenvalue weighted by Crippen LogP contribution is -2.57. The largest absolute Gasteiger partial charge is 0.755 e. The zero-order valence-electron chi connectivity index (χ0n) is 33.7. The van der Waals surface area contributed by atoms with Gasteiger partial charge in [-0.3, -0.25) is 27.7 Å². The fourth-order valence-corrected chi connectivity index (χ4v) is 10.3. The molecule has 5 fully saturated rings. The Labute approximate surface area is 348 Å². The Balaban J connectivity index is 1.13. The summed E-state index contributed by atoms with van der Waals surface area (Å²) in [5.41, 5.74) is 0.713. The molecule has 6 atom stereocenters. The second-order valence-corrected chi connectivity index (χ2v) is 17.8. The first-order valence-electron chi connectivity index (χ1n) is 21.3. The van der Waals surface area contributed by atoms with Crippen molar-refractivity contribution >= 4 is 45.8 Å². The summed E-state index contributed by atoms with van der Waals surface area (Å²) in [5, 5.41) is 3.69. The topological polar surface area (TPSA) is 162 Å². The molecule has 2 saturated heterocycles. The van der Waals surface area contributed by atoms with E-state index in [0.29, 0.717) is 48.6 Å². The second-order valence-electron chi connectivity index (χ2n) is 17.0. The number of ether oxygens (including phenoxy) is 2. The second kappa shape index (κ2) is 17.4. The molecular weight excluding hydrogens is 771 g/mol. The van der Waals surface area contributed by atoms with Crippen molar-refractivity contribution in [2.45, 2.75) is 107 Å². The minimum atomic E-state index is -2.82. The Morgan fingerprint density at radius 3 is 2.41 bits per heavy atom. The van der Waals surface area contributed by atoms with Crippen LogP contribution in [0.3, 0.4) is 0 Å². The van der Waals surface area contributed by atoms with Gasteiger partial charge >= 0.3 is 0 Å². The van der Waals surface area contributed by atoms with E-state index in [1.807, 2.05) is 59.5 Å². The molecule has 3 aromatic rings. The molecule has 4 amide bonds. The molecule has 4 unspecified atom stereocenters. The molecule has 0 bridgehead atoms. The number of fused-ring (bicyclic) bond motifs is 1. The highest BCUT2D eigenvalue weighted by Crippen LogP contribution is 2.48. The molecule has 0 spiro atoms. The van der Waals surface area contributed by atoms with E-state index >= 15 is 4.79 Å². The fourth-order valence-electron chi connectivity index (χ4n) is 9.56. The number of nitrogens with zero attached hydrogens (tertiary/aromatic N) is 4. The van der Waals surface area contributed by atoms with Gasteiger partial charge in [0.1, 0.15) is 29.2 Å². The van der Waals surface area contributed by atoms with Crippen molar-refractivity contribution in [2.24, 2.45) is 17.8 Å². The van der Waals surface area contributed by atoms with Gasteiger partial charge in [-0.25, -0.2) is 4.98 Å². The van der Waals surface area contributed by atoms with Crippen LogP contribution in [0.4, 0.5) is 0 Å². The number of pyridine rings is 1. The summed E-state index contributed by atoms with van der Waals surface area (Å²) in [6.07, 6.45) is 10.1. The van der Waals surface area contributed by atoms with Crippen molar-refractivity contribution < 1.29 is 37.4 Å². The molecule has 59 heavy (non-hydrogen) atoms. The number of amides is 4. The van der Waals surface area contributed by atoms with Gasteiger partial charge in [-0.15, -0.1) is 6.58 Å². The molecule has 5 aliphatic rings. The molecular formula is C45H54N5O8S-. The number of aromatic nitrogens is 1. The molecule has 0 radical (unpaired) electrons. The summed E-state index contributed by atoms with van der Waals surface area (Å²) in [7, 11) is 1.59. The zero-order valence-corrected chi connectivity index (χ0v) is 34.5. The van der Waals surface area contributed by atoms with Crippen LogP contribution in [-0.2, 0) is 30.4 Å². The summed E-state index contributed by atoms with van der Waals surface area (Å²) >= 11 is -2.82. The Kier molecular flexibility index (Phi) is 12.1. The maximum atomic E-state index is 15.2. The van der Waals surface area contributed by atoms with Crippen molar-refractivity contribution in [1.29, 1.82) is 0 Å². The number of methoxy groups -OCH3 is 1. The molecule has 13 nitrogen and oxygen atoms in total. The Morgan fingerprint density at radius 2 is 1.75 bits per heavy atom. The monoisotopic (exact) mass is 824 g/mol. The van der Waals surface area contributed by atoms with Crippen molar-refractivity contribution in [3.8, 4) is 22.8 Å². The van der Waals surface area contributed by atoms with Crippen LogP contribution in [-0.4, -0.2) is 102 Å². The van der Waals surface area contributed by atoms with E-state index in [1.165, 1.54) is 0 Å². The van der Waals surface area contributed by atoms with E-state index in [9.17, 15) is 23.1 Å². The number of hydrogen-bond donors (Lipinski definition) is 1. The summed E-state index contributed by atoms with van der Waals surface area (Å²) in [4.78, 5) is 66.1. The highest BCUT2D eigenvalue weighted by Gasteiger charge is 2.63. The number of piperidine rings is 1. The smallest absolute Gasteiger partial charge is 0.260 e. The van der Waals surface area contributed by atoms with Gasteiger partial charge in [0.2, 0.25) is 17.7 Å². The third-order valence-corrected chi connectivity index (χ3v) is 13.9. The lowest BCUT2D eigenvalue weighted by atomic mass is 9.77. The molecule has 3 heterocycles.